The number of amides is 1. The van der Waals surface area contributed by atoms with E-state index in [1.165, 1.54) is 10.5 Å². The first-order chi connectivity index (χ1) is 12.4. The Kier molecular flexibility index (Phi) is 4.02. The number of hydrogen-bond acceptors (Lipinski definition) is 6. The van der Waals surface area contributed by atoms with Crippen molar-refractivity contribution in [1.29, 1.82) is 0 Å². The molecule has 2 aliphatic heterocycles. The number of esters is 1. The Labute approximate surface area is 154 Å². The van der Waals surface area contributed by atoms with Gasteiger partial charge < -0.3 is 9.64 Å². The fourth-order valence-electron chi connectivity index (χ4n) is 3.67. The van der Waals surface area contributed by atoms with Crippen molar-refractivity contribution < 1.29 is 14.3 Å². The highest BCUT2D eigenvalue weighted by Crippen LogP contribution is 2.47. The third kappa shape index (κ3) is 2.68. The van der Waals surface area contributed by atoms with Crippen LogP contribution in [0, 0.1) is 6.92 Å². The SMILES string of the molecule is Cc1cccc2nc(COC(=O)[C@@H]3CS[C@@]4(C)CCC(=O)N34)cc(=O)n12. The summed E-state index contributed by atoms with van der Waals surface area (Å²) >= 11 is 1.62. The van der Waals surface area contributed by atoms with E-state index in [0.29, 0.717) is 23.5 Å². The van der Waals surface area contributed by atoms with Gasteiger partial charge in [-0.15, -0.1) is 11.8 Å². The molecule has 7 nitrogen and oxygen atoms in total. The standard InChI is InChI=1S/C18H19N3O4S/c1-11-4-3-5-14-19-12(8-16(23)20(11)14)9-25-17(24)13-10-26-18(2)7-6-15(22)21(13)18/h3-5,8,13H,6-7,9-10H2,1-2H3/t13-,18-/m0/s1. The van der Waals surface area contributed by atoms with Crippen molar-refractivity contribution in [1.82, 2.24) is 14.3 Å². The predicted octanol–water partition coefficient (Wildman–Crippen LogP) is 1.50. The van der Waals surface area contributed by atoms with Gasteiger partial charge in [-0.1, -0.05) is 6.07 Å². The lowest BCUT2D eigenvalue weighted by Gasteiger charge is -2.29. The third-order valence-electron chi connectivity index (χ3n) is 5.01. The summed E-state index contributed by atoms with van der Waals surface area (Å²) < 4.78 is 6.90. The highest BCUT2D eigenvalue weighted by Gasteiger charge is 2.53. The molecular formula is C18H19N3O4S. The van der Waals surface area contributed by atoms with Crippen LogP contribution in [-0.4, -0.2) is 42.8 Å². The highest BCUT2D eigenvalue weighted by molar-refractivity contribution is 8.01. The maximum Gasteiger partial charge on any atom is 0.330 e. The predicted molar refractivity (Wildman–Crippen MR) is 96.7 cm³/mol. The molecule has 2 aromatic rings. The van der Waals surface area contributed by atoms with E-state index in [2.05, 4.69) is 4.98 Å². The molecule has 1 amide bonds. The molecule has 2 aliphatic rings. The summed E-state index contributed by atoms with van der Waals surface area (Å²) in [5.74, 6) is 0.0911. The van der Waals surface area contributed by atoms with E-state index in [4.69, 9.17) is 4.74 Å². The topological polar surface area (TPSA) is 81.0 Å². The second-order valence-corrected chi connectivity index (χ2v) is 8.32. The lowest BCUT2D eigenvalue weighted by molar-refractivity contribution is -0.154. The smallest absolute Gasteiger partial charge is 0.330 e. The zero-order valence-electron chi connectivity index (χ0n) is 14.6. The average molecular weight is 373 g/mol. The lowest BCUT2D eigenvalue weighted by Crippen LogP contribution is -2.46. The minimum absolute atomic E-state index is 0.00278. The van der Waals surface area contributed by atoms with Crippen LogP contribution in [0.15, 0.2) is 29.1 Å². The van der Waals surface area contributed by atoms with Gasteiger partial charge in [0.1, 0.15) is 18.3 Å². The number of hydrogen-bond donors (Lipinski definition) is 0. The van der Waals surface area contributed by atoms with Gasteiger partial charge in [-0.3, -0.25) is 14.0 Å². The van der Waals surface area contributed by atoms with Crippen molar-refractivity contribution in [2.45, 2.75) is 44.2 Å². The average Bonchev–Trinajstić information content (AvgIpc) is 3.09. The van der Waals surface area contributed by atoms with E-state index >= 15 is 0 Å². The first-order valence-electron chi connectivity index (χ1n) is 8.50. The van der Waals surface area contributed by atoms with Crippen LogP contribution in [0.4, 0.5) is 0 Å². The Hall–Kier alpha value is -2.35. The summed E-state index contributed by atoms with van der Waals surface area (Å²) in [5, 5.41) is 0. The number of ether oxygens (including phenoxy) is 1. The summed E-state index contributed by atoms with van der Waals surface area (Å²) in [6, 6.07) is 6.20. The van der Waals surface area contributed by atoms with Gasteiger partial charge in [0.2, 0.25) is 5.91 Å². The van der Waals surface area contributed by atoms with E-state index in [-0.39, 0.29) is 22.9 Å². The molecule has 0 saturated carbocycles. The van der Waals surface area contributed by atoms with Gasteiger partial charge in [0.05, 0.1) is 10.6 Å². The van der Waals surface area contributed by atoms with Gasteiger partial charge in [-0.05, 0) is 32.4 Å². The monoisotopic (exact) mass is 373 g/mol. The van der Waals surface area contributed by atoms with Gasteiger partial charge in [0.25, 0.3) is 5.56 Å². The first-order valence-corrected chi connectivity index (χ1v) is 9.49. The molecule has 2 atom stereocenters. The highest BCUT2D eigenvalue weighted by atomic mass is 32.2. The minimum Gasteiger partial charge on any atom is -0.458 e. The van der Waals surface area contributed by atoms with E-state index in [1.54, 1.807) is 22.7 Å². The van der Waals surface area contributed by atoms with Crippen LogP contribution in [0.1, 0.15) is 31.2 Å². The second-order valence-electron chi connectivity index (χ2n) is 6.82. The zero-order valence-corrected chi connectivity index (χ0v) is 15.4. The molecular weight excluding hydrogens is 354 g/mol. The quantitative estimate of drug-likeness (QED) is 0.759. The van der Waals surface area contributed by atoms with Crippen molar-refractivity contribution in [3.8, 4) is 0 Å². The Balaban J connectivity index is 1.51. The van der Waals surface area contributed by atoms with Crippen LogP contribution < -0.4 is 5.56 Å². The molecule has 4 rings (SSSR count). The fourth-order valence-corrected chi connectivity index (χ4v) is 5.09. The summed E-state index contributed by atoms with van der Waals surface area (Å²) in [4.78, 5) is 42.7. The Morgan fingerprint density at radius 1 is 1.42 bits per heavy atom. The third-order valence-corrected chi connectivity index (χ3v) is 6.52. The molecule has 8 heteroatoms. The second kappa shape index (κ2) is 6.12. The molecule has 0 aromatic carbocycles. The molecule has 2 fully saturated rings. The Bertz CT molecular complexity index is 973. The number of fused-ring (bicyclic) bond motifs is 2. The van der Waals surface area contributed by atoms with Crippen molar-refractivity contribution in [2.24, 2.45) is 0 Å². The van der Waals surface area contributed by atoms with Gasteiger partial charge in [0.15, 0.2) is 0 Å². The first kappa shape index (κ1) is 17.1. The molecule has 0 bridgehead atoms. The van der Waals surface area contributed by atoms with Crippen LogP contribution in [0.3, 0.4) is 0 Å². The summed E-state index contributed by atoms with van der Waals surface area (Å²) in [7, 11) is 0. The molecule has 0 unspecified atom stereocenters. The van der Waals surface area contributed by atoms with Crippen molar-refractivity contribution in [2.75, 3.05) is 5.75 Å². The number of carbonyl (C=O) groups is 2. The van der Waals surface area contributed by atoms with E-state index < -0.39 is 12.0 Å². The summed E-state index contributed by atoms with van der Waals surface area (Å²) in [5.41, 5.74) is 1.49. The fraction of sp³-hybridized carbons (Fsp3) is 0.444. The van der Waals surface area contributed by atoms with Gasteiger partial charge >= 0.3 is 5.97 Å². The van der Waals surface area contributed by atoms with Crippen molar-refractivity contribution in [3.05, 3.63) is 46.0 Å². The summed E-state index contributed by atoms with van der Waals surface area (Å²) in [6.07, 6.45) is 1.22. The number of nitrogens with zero attached hydrogens (tertiary/aromatic N) is 3. The molecule has 2 aromatic heterocycles. The number of thioether (sulfide) groups is 1. The molecule has 0 N–H and O–H groups in total. The molecule has 136 valence electrons. The van der Waals surface area contributed by atoms with E-state index in [9.17, 15) is 14.4 Å². The number of pyridine rings is 1. The summed E-state index contributed by atoms with van der Waals surface area (Å²) in [6.45, 7) is 3.74. The van der Waals surface area contributed by atoms with E-state index in [1.807, 2.05) is 26.0 Å². The molecule has 0 radical (unpaired) electrons. The number of rotatable bonds is 3. The maximum atomic E-state index is 12.5. The van der Waals surface area contributed by atoms with Crippen molar-refractivity contribution >= 4 is 29.3 Å². The van der Waals surface area contributed by atoms with Crippen LogP contribution >= 0.6 is 11.8 Å². The molecule has 0 spiro atoms. The van der Waals surface area contributed by atoms with Crippen LogP contribution in [-0.2, 0) is 20.9 Å². The maximum absolute atomic E-state index is 12.5. The van der Waals surface area contributed by atoms with E-state index in [0.717, 1.165) is 12.1 Å². The number of aryl methyl sites for hydroxylation is 1. The van der Waals surface area contributed by atoms with Crippen molar-refractivity contribution in [3.63, 3.8) is 0 Å². The van der Waals surface area contributed by atoms with Gasteiger partial charge in [-0.2, -0.15) is 0 Å². The minimum atomic E-state index is -0.566. The molecule has 0 aliphatic carbocycles. The Morgan fingerprint density at radius 2 is 2.23 bits per heavy atom. The largest absolute Gasteiger partial charge is 0.458 e. The Morgan fingerprint density at radius 3 is 3.04 bits per heavy atom. The van der Waals surface area contributed by atoms with Crippen LogP contribution in [0.25, 0.3) is 5.65 Å². The molecule has 26 heavy (non-hydrogen) atoms. The molecule has 4 heterocycles. The lowest BCUT2D eigenvalue weighted by atomic mass is 10.2. The number of carbonyl (C=O) groups excluding carboxylic acids is 2. The molecule has 2 saturated heterocycles. The van der Waals surface area contributed by atoms with Gasteiger partial charge in [0, 0.05) is 23.9 Å². The van der Waals surface area contributed by atoms with Gasteiger partial charge in [-0.25, -0.2) is 9.78 Å². The van der Waals surface area contributed by atoms with Crippen LogP contribution in [0.2, 0.25) is 0 Å². The zero-order chi connectivity index (χ0) is 18.5. The van der Waals surface area contributed by atoms with Crippen LogP contribution in [0.5, 0.6) is 0 Å². The normalized spacial score (nSPS) is 24.9. The number of aromatic nitrogens is 2.